The Kier molecular flexibility index (Phi) is 5.53. The minimum atomic E-state index is 0.373. The summed E-state index contributed by atoms with van der Waals surface area (Å²) in [6.07, 6.45) is 1.61. The smallest absolute Gasteiger partial charge is 0.216 e. The summed E-state index contributed by atoms with van der Waals surface area (Å²) in [5.74, 6) is 1.33. The van der Waals surface area contributed by atoms with Gasteiger partial charge < -0.3 is 4.74 Å². The third-order valence-corrected chi connectivity index (χ3v) is 4.16. The van der Waals surface area contributed by atoms with Gasteiger partial charge in [0.25, 0.3) is 0 Å². The van der Waals surface area contributed by atoms with Crippen molar-refractivity contribution in [1.82, 2.24) is 14.9 Å². The van der Waals surface area contributed by atoms with Gasteiger partial charge in [0.05, 0.1) is 17.8 Å². The molecule has 5 nitrogen and oxygen atoms in total. The third-order valence-electron chi connectivity index (χ3n) is 3.33. The van der Waals surface area contributed by atoms with Gasteiger partial charge in [-0.15, -0.1) is 0 Å². The summed E-state index contributed by atoms with van der Waals surface area (Å²) in [5, 5.41) is 12.5. The first-order valence-corrected chi connectivity index (χ1v) is 8.65. The van der Waals surface area contributed by atoms with E-state index in [4.69, 9.17) is 40.2 Å². The van der Waals surface area contributed by atoms with Crippen molar-refractivity contribution in [2.24, 2.45) is 5.10 Å². The Morgan fingerprint density at radius 2 is 2.12 bits per heavy atom. The molecule has 0 atom stereocenters. The Hall–Kier alpha value is -2.15. The van der Waals surface area contributed by atoms with Gasteiger partial charge in [0.2, 0.25) is 4.77 Å². The molecule has 128 valence electrons. The largest absolute Gasteiger partial charge is 0.494 e. The number of rotatable bonds is 5. The fraction of sp³-hybridized carbons (Fsp3) is 0.118. The zero-order valence-electron chi connectivity index (χ0n) is 13.2. The maximum absolute atomic E-state index is 6.17. The first-order valence-electron chi connectivity index (χ1n) is 7.48. The van der Waals surface area contributed by atoms with Gasteiger partial charge in [-0.25, -0.2) is 5.10 Å². The van der Waals surface area contributed by atoms with Crippen LogP contribution in [0.1, 0.15) is 12.5 Å². The van der Waals surface area contributed by atoms with Gasteiger partial charge in [-0.2, -0.15) is 14.9 Å². The molecule has 0 amide bonds. The lowest BCUT2D eigenvalue weighted by Crippen LogP contribution is -1.96. The van der Waals surface area contributed by atoms with Crippen molar-refractivity contribution in [3.05, 3.63) is 62.8 Å². The molecule has 0 radical (unpaired) electrons. The molecule has 0 aliphatic heterocycles. The Balaban J connectivity index is 1.98. The van der Waals surface area contributed by atoms with Gasteiger partial charge in [0.1, 0.15) is 5.75 Å². The number of aromatic amines is 1. The first kappa shape index (κ1) is 17.7. The number of benzene rings is 2. The number of halogens is 2. The Morgan fingerprint density at radius 1 is 1.28 bits per heavy atom. The van der Waals surface area contributed by atoms with E-state index in [-0.39, 0.29) is 0 Å². The second-order valence-corrected chi connectivity index (χ2v) is 6.27. The second kappa shape index (κ2) is 7.82. The van der Waals surface area contributed by atoms with Crippen LogP contribution in [0.4, 0.5) is 0 Å². The van der Waals surface area contributed by atoms with Gasteiger partial charge >= 0.3 is 0 Å². The molecule has 0 bridgehead atoms. The molecule has 1 heterocycles. The summed E-state index contributed by atoms with van der Waals surface area (Å²) in [5.41, 5.74) is 1.56. The highest BCUT2D eigenvalue weighted by molar-refractivity contribution is 7.71. The van der Waals surface area contributed by atoms with Crippen LogP contribution < -0.4 is 4.74 Å². The van der Waals surface area contributed by atoms with Crippen LogP contribution in [0.2, 0.25) is 10.0 Å². The predicted octanol–water partition coefficient (Wildman–Crippen LogP) is 5.20. The lowest BCUT2D eigenvalue weighted by molar-refractivity contribution is 0.340. The van der Waals surface area contributed by atoms with E-state index in [0.29, 0.717) is 27.2 Å². The molecular formula is C17H14Cl2N4OS. The van der Waals surface area contributed by atoms with Gasteiger partial charge in [-0.05, 0) is 43.4 Å². The van der Waals surface area contributed by atoms with E-state index in [1.165, 1.54) is 4.68 Å². The third kappa shape index (κ3) is 4.10. The molecule has 1 N–H and O–H groups in total. The molecule has 0 aliphatic carbocycles. The van der Waals surface area contributed by atoms with Crippen molar-refractivity contribution in [3.8, 4) is 17.1 Å². The average Bonchev–Trinajstić information content (AvgIpc) is 2.95. The zero-order valence-corrected chi connectivity index (χ0v) is 15.6. The van der Waals surface area contributed by atoms with E-state index in [1.54, 1.807) is 24.4 Å². The van der Waals surface area contributed by atoms with E-state index in [9.17, 15) is 0 Å². The Morgan fingerprint density at radius 3 is 2.88 bits per heavy atom. The standard InChI is InChI=1S/C17H14Cl2N4OS/c1-2-24-14-5-3-4-11(8-14)16-21-22-17(25)23(16)20-10-12-6-7-13(18)9-15(12)19/h3-10H,2H2,1H3,(H,22,25). The molecule has 0 saturated heterocycles. The average molecular weight is 393 g/mol. The van der Waals surface area contributed by atoms with Crippen molar-refractivity contribution >= 4 is 41.6 Å². The highest BCUT2D eigenvalue weighted by Crippen LogP contribution is 2.23. The Labute approximate surface area is 159 Å². The number of hydrogen-bond donors (Lipinski definition) is 1. The van der Waals surface area contributed by atoms with Crippen molar-refractivity contribution in [3.63, 3.8) is 0 Å². The van der Waals surface area contributed by atoms with E-state index in [1.807, 2.05) is 31.2 Å². The normalized spacial score (nSPS) is 11.2. The van der Waals surface area contributed by atoms with Gasteiger partial charge in [-0.1, -0.05) is 41.4 Å². The highest BCUT2D eigenvalue weighted by atomic mass is 35.5. The number of H-pyrrole nitrogens is 1. The van der Waals surface area contributed by atoms with Crippen LogP contribution in [0, 0.1) is 4.77 Å². The van der Waals surface area contributed by atoms with Crippen LogP contribution in [0.5, 0.6) is 5.75 Å². The summed E-state index contributed by atoms with van der Waals surface area (Å²) >= 11 is 17.4. The molecule has 25 heavy (non-hydrogen) atoms. The first-order chi connectivity index (χ1) is 12.1. The number of aromatic nitrogens is 3. The molecule has 0 saturated carbocycles. The van der Waals surface area contributed by atoms with Crippen LogP contribution in [0.3, 0.4) is 0 Å². The van der Waals surface area contributed by atoms with Crippen molar-refractivity contribution < 1.29 is 4.74 Å². The van der Waals surface area contributed by atoms with Gasteiger partial charge in [-0.3, -0.25) is 0 Å². The van der Waals surface area contributed by atoms with Crippen molar-refractivity contribution in [2.45, 2.75) is 6.92 Å². The quantitative estimate of drug-likeness (QED) is 0.479. The Bertz CT molecular complexity index is 981. The van der Waals surface area contributed by atoms with Crippen LogP contribution in [-0.4, -0.2) is 27.7 Å². The topological polar surface area (TPSA) is 55.2 Å². The molecule has 2 aromatic carbocycles. The molecular weight excluding hydrogens is 379 g/mol. The number of nitrogens with one attached hydrogen (secondary N) is 1. The maximum Gasteiger partial charge on any atom is 0.216 e. The van der Waals surface area contributed by atoms with Crippen LogP contribution in [0.15, 0.2) is 47.6 Å². The molecule has 0 spiro atoms. The molecule has 3 aromatic rings. The fourth-order valence-corrected chi connectivity index (χ4v) is 2.84. The number of nitrogens with zero attached hydrogens (tertiary/aromatic N) is 3. The fourth-order valence-electron chi connectivity index (χ4n) is 2.20. The molecule has 0 fully saturated rings. The van der Waals surface area contributed by atoms with Crippen LogP contribution in [-0.2, 0) is 0 Å². The molecule has 0 unspecified atom stereocenters. The summed E-state index contributed by atoms with van der Waals surface area (Å²) in [7, 11) is 0. The van der Waals surface area contributed by atoms with E-state index in [2.05, 4.69) is 15.3 Å². The van der Waals surface area contributed by atoms with Crippen molar-refractivity contribution in [1.29, 1.82) is 0 Å². The zero-order chi connectivity index (χ0) is 17.8. The predicted molar refractivity (Wildman–Crippen MR) is 103 cm³/mol. The number of hydrogen-bond acceptors (Lipinski definition) is 4. The summed E-state index contributed by atoms with van der Waals surface area (Å²) in [4.78, 5) is 0. The van der Waals surface area contributed by atoms with E-state index in [0.717, 1.165) is 16.9 Å². The van der Waals surface area contributed by atoms with Crippen LogP contribution >= 0.6 is 35.4 Å². The lowest BCUT2D eigenvalue weighted by Gasteiger charge is -2.05. The van der Waals surface area contributed by atoms with Gasteiger partial charge in [0.15, 0.2) is 5.82 Å². The SMILES string of the molecule is CCOc1cccc(-c2n[nH]c(=S)n2N=Cc2ccc(Cl)cc2Cl)c1. The monoisotopic (exact) mass is 392 g/mol. The second-order valence-electron chi connectivity index (χ2n) is 5.04. The molecule has 1 aromatic heterocycles. The van der Waals surface area contributed by atoms with Gasteiger partial charge in [0, 0.05) is 16.1 Å². The number of ether oxygens (including phenoxy) is 1. The minimum Gasteiger partial charge on any atom is -0.494 e. The molecule has 3 rings (SSSR count). The van der Waals surface area contributed by atoms with Crippen molar-refractivity contribution in [2.75, 3.05) is 6.61 Å². The maximum atomic E-state index is 6.17. The minimum absolute atomic E-state index is 0.373. The lowest BCUT2D eigenvalue weighted by atomic mass is 10.2. The summed E-state index contributed by atoms with van der Waals surface area (Å²) < 4.78 is 7.44. The summed E-state index contributed by atoms with van der Waals surface area (Å²) in [6.45, 7) is 2.52. The van der Waals surface area contributed by atoms with E-state index < -0.39 is 0 Å². The van der Waals surface area contributed by atoms with Crippen LogP contribution in [0.25, 0.3) is 11.4 Å². The molecule has 0 aliphatic rings. The summed E-state index contributed by atoms with van der Waals surface area (Å²) in [6, 6.07) is 12.8. The highest BCUT2D eigenvalue weighted by Gasteiger charge is 2.09. The molecule has 8 heteroatoms. The van der Waals surface area contributed by atoms with E-state index >= 15 is 0 Å².